The van der Waals surface area contributed by atoms with Crippen LogP contribution in [0.25, 0.3) is 0 Å². The first-order valence-electron chi connectivity index (χ1n) is 7.32. The Morgan fingerprint density at radius 1 is 1.28 bits per heavy atom. The third-order valence-corrected chi connectivity index (χ3v) is 4.59. The first-order chi connectivity index (χ1) is 8.77. The monoisotopic (exact) mass is 244 g/mol. The summed E-state index contributed by atoms with van der Waals surface area (Å²) >= 11 is 0. The van der Waals surface area contributed by atoms with Gasteiger partial charge >= 0.3 is 0 Å². The SMILES string of the molecule is CC1(CNCc2cccc3c2NCCC3)CCC1. The minimum absolute atomic E-state index is 0.572. The van der Waals surface area contributed by atoms with E-state index >= 15 is 0 Å². The van der Waals surface area contributed by atoms with Crippen LogP contribution in [0, 0.1) is 5.41 Å². The quantitative estimate of drug-likeness (QED) is 0.849. The summed E-state index contributed by atoms with van der Waals surface area (Å²) in [5.41, 5.74) is 4.91. The predicted octanol–water partition coefficient (Wildman–Crippen LogP) is 3.32. The number of rotatable bonds is 4. The number of hydrogen-bond donors (Lipinski definition) is 2. The molecule has 2 heteroatoms. The van der Waals surface area contributed by atoms with E-state index in [1.807, 2.05) is 0 Å². The van der Waals surface area contributed by atoms with E-state index in [0.717, 1.165) is 19.6 Å². The van der Waals surface area contributed by atoms with Crippen LogP contribution in [0.1, 0.15) is 43.7 Å². The van der Waals surface area contributed by atoms with Crippen LogP contribution in [0.2, 0.25) is 0 Å². The summed E-state index contributed by atoms with van der Waals surface area (Å²) in [4.78, 5) is 0. The van der Waals surface area contributed by atoms with Crippen molar-refractivity contribution in [2.45, 2.75) is 45.6 Å². The Morgan fingerprint density at radius 2 is 2.17 bits per heavy atom. The van der Waals surface area contributed by atoms with Gasteiger partial charge in [-0.3, -0.25) is 0 Å². The van der Waals surface area contributed by atoms with Crippen LogP contribution in [0.15, 0.2) is 18.2 Å². The first kappa shape index (κ1) is 12.0. The Morgan fingerprint density at radius 3 is 2.94 bits per heavy atom. The molecule has 0 spiro atoms. The smallest absolute Gasteiger partial charge is 0.0418 e. The van der Waals surface area contributed by atoms with E-state index in [1.165, 1.54) is 48.9 Å². The van der Waals surface area contributed by atoms with E-state index in [9.17, 15) is 0 Å². The fraction of sp³-hybridized carbons (Fsp3) is 0.625. The molecule has 0 saturated heterocycles. The lowest BCUT2D eigenvalue weighted by molar-refractivity contribution is 0.156. The molecular weight excluding hydrogens is 220 g/mol. The van der Waals surface area contributed by atoms with E-state index < -0.39 is 0 Å². The second kappa shape index (κ2) is 4.93. The average molecular weight is 244 g/mol. The third kappa shape index (κ3) is 2.39. The van der Waals surface area contributed by atoms with Crippen molar-refractivity contribution in [1.29, 1.82) is 0 Å². The van der Waals surface area contributed by atoms with Gasteiger partial charge in [0.05, 0.1) is 0 Å². The van der Waals surface area contributed by atoms with Gasteiger partial charge in [0, 0.05) is 25.3 Å². The average Bonchev–Trinajstić information content (AvgIpc) is 2.37. The lowest BCUT2D eigenvalue weighted by Crippen LogP contribution is -2.37. The molecule has 0 amide bonds. The number of anilines is 1. The summed E-state index contributed by atoms with van der Waals surface area (Å²) in [6, 6.07) is 6.72. The van der Waals surface area contributed by atoms with Gasteiger partial charge < -0.3 is 10.6 Å². The summed E-state index contributed by atoms with van der Waals surface area (Å²) in [5, 5.41) is 7.22. The van der Waals surface area contributed by atoms with Gasteiger partial charge in [-0.2, -0.15) is 0 Å². The summed E-state index contributed by atoms with van der Waals surface area (Å²) in [5.74, 6) is 0. The van der Waals surface area contributed by atoms with Crippen LogP contribution in [0.4, 0.5) is 5.69 Å². The van der Waals surface area contributed by atoms with Gasteiger partial charge in [0.25, 0.3) is 0 Å². The maximum absolute atomic E-state index is 3.65. The number of hydrogen-bond acceptors (Lipinski definition) is 2. The summed E-state index contributed by atoms with van der Waals surface area (Å²) in [6.45, 7) is 5.70. The topological polar surface area (TPSA) is 24.1 Å². The molecule has 1 aliphatic heterocycles. The molecular formula is C16H24N2. The molecule has 2 N–H and O–H groups in total. The maximum Gasteiger partial charge on any atom is 0.0418 e. The first-order valence-corrected chi connectivity index (χ1v) is 7.32. The molecule has 1 heterocycles. The highest BCUT2D eigenvalue weighted by molar-refractivity contribution is 5.59. The van der Waals surface area contributed by atoms with Gasteiger partial charge in [-0.15, -0.1) is 0 Å². The Bertz CT molecular complexity index is 421. The zero-order valence-corrected chi connectivity index (χ0v) is 11.4. The van der Waals surface area contributed by atoms with Gasteiger partial charge in [-0.1, -0.05) is 31.5 Å². The zero-order chi connectivity index (χ0) is 12.4. The van der Waals surface area contributed by atoms with E-state index in [1.54, 1.807) is 0 Å². The number of benzene rings is 1. The Kier molecular flexibility index (Phi) is 3.29. The molecule has 0 aromatic heterocycles. The van der Waals surface area contributed by atoms with E-state index in [4.69, 9.17) is 0 Å². The number of fused-ring (bicyclic) bond motifs is 1. The highest BCUT2D eigenvalue weighted by Gasteiger charge is 2.30. The summed E-state index contributed by atoms with van der Waals surface area (Å²) in [6.07, 6.45) is 6.70. The lowest BCUT2D eigenvalue weighted by Gasteiger charge is -2.38. The minimum Gasteiger partial charge on any atom is -0.385 e. The highest BCUT2D eigenvalue weighted by Crippen LogP contribution is 2.39. The molecule has 0 unspecified atom stereocenters. The van der Waals surface area contributed by atoms with E-state index in [0.29, 0.717) is 5.41 Å². The van der Waals surface area contributed by atoms with Gasteiger partial charge in [-0.25, -0.2) is 0 Å². The second-order valence-electron chi connectivity index (χ2n) is 6.25. The van der Waals surface area contributed by atoms with Crippen molar-refractivity contribution in [3.63, 3.8) is 0 Å². The Labute approximate surface area is 110 Å². The minimum atomic E-state index is 0.572. The molecule has 0 radical (unpaired) electrons. The van der Waals surface area contributed by atoms with Gasteiger partial charge in [0.15, 0.2) is 0 Å². The van der Waals surface area contributed by atoms with Gasteiger partial charge in [0.2, 0.25) is 0 Å². The van der Waals surface area contributed by atoms with Crippen molar-refractivity contribution in [2.75, 3.05) is 18.4 Å². The van der Waals surface area contributed by atoms with E-state index in [-0.39, 0.29) is 0 Å². The van der Waals surface area contributed by atoms with Crippen molar-refractivity contribution >= 4 is 5.69 Å². The Hall–Kier alpha value is -1.02. The molecule has 0 bridgehead atoms. The van der Waals surface area contributed by atoms with Gasteiger partial charge in [0.1, 0.15) is 0 Å². The van der Waals surface area contributed by atoms with Crippen LogP contribution in [0.5, 0.6) is 0 Å². The van der Waals surface area contributed by atoms with Crippen LogP contribution in [-0.2, 0) is 13.0 Å². The standard InChI is InChI=1S/C16H24N2/c1-16(8-4-9-16)12-17-11-14-6-2-5-13-7-3-10-18-15(13)14/h2,5-6,17-18H,3-4,7-12H2,1H3. The number of para-hydroxylation sites is 1. The Balaban J connectivity index is 1.62. The third-order valence-electron chi connectivity index (χ3n) is 4.59. The van der Waals surface area contributed by atoms with Crippen molar-refractivity contribution < 1.29 is 0 Å². The lowest BCUT2D eigenvalue weighted by atomic mass is 9.70. The van der Waals surface area contributed by atoms with Gasteiger partial charge in [-0.05, 0) is 42.2 Å². The summed E-state index contributed by atoms with van der Waals surface area (Å²) in [7, 11) is 0. The molecule has 1 aromatic rings. The molecule has 2 aliphatic rings. The van der Waals surface area contributed by atoms with Crippen LogP contribution in [-0.4, -0.2) is 13.1 Å². The highest BCUT2D eigenvalue weighted by atomic mass is 14.9. The predicted molar refractivity (Wildman–Crippen MR) is 76.9 cm³/mol. The van der Waals surface area contributed by atoms with Crippen molar-refractivity contribution in [3.8, 4) is 0 Å². The van der Waals surface area contributed by atoms with Crippen molar-refractivity contribution in [3.05, 3.63) is 29.3 Å². The maximum atomic E-state index is 3.65. The molecule has 2 nitrogen and oxygen atoms in total. The number of nitrogens with one attached hydrogen (secondary N) is 2. The van der Waals surface area contributed by atoms with Crippen LogP contribution in [0.3, 0.4) is 0 Å². The summed E-state index contributed by atoms with van der Waals surface area (Å²) < 4.78 is 0. The number of aryl methyl sites for hydroxylation is 1. The molecule has 1 saturated carbocycles. The van der Waals surface area contributed by atoms with Crippen molar-refractivity contribution in [1.82, 2.24) is 5.32 Å². The van der Waals surface area contributed by atoms with Crippen LogP contribution >= 0.6 is 0 Å². The fourth-order valence-corrected chi connectivity index (χ4v) is 3.18. The van der Waals surface area contributed by atoms with E-state index in [2.05, 4.69) is 35.8 Å². The molecule has 0 atom stereocenters. The molecule has 1 aliphatic carbocycles. The molecule has 3 rings (SSSR count). The van der Waals surface area contributed by atoms with Crippen LogP contribution < -0.4 is 10.6 Å². The molecule has 98 valence electrons. The molecule has 1 fully saturated rings. The second-order valence-corrected chi connectivity index (χ2v) is 6.25. The normalized spacial score (nSPS) is 20.7. The zero-order valence-electron chi connectivity index (χ0n) is 11.4. The van der Waals surface area contributed by atoms with Crippen molar-refractivity contribution in [2.24, 2.45) is 5.41 Å². The molecule has 18 heavy (non-hydrogen) atoms. The fourth-order valence-electron chi connectivity index (χ4n) is 3.18. The largest absolute Gasteiger partial charge is 0.385 e. The molecule has 1 aromatic carbocycles.